The lowest BCUT2D eigenvalue weighted by atomic mass is 10.3. The minimum Gasteiger partial charge on any atom is -0.398 e. The van der Waals surface area contributed by atoms with Crippen LogP contribution in [0.15, 0.2) is 39.9 Å². The number of hydrogen-bond donors (Lipinski definition) is 1. The zero-order valence-electron chi connectivity index (χ0n) is 8.65. The molecule has 0 aliphatic heterocycles. The molecule has 2 N–H and O–H groups in total. The third-order valence-electron chi connectivity index (χ3n) is 2.20. The fourth-order valence-corrected chi connectivity index (χ4v) is 3.02. The van der Waals surface area contributed by atoms with Gasteiger partial charge < -0.3 is 5.73 Å². The molecule has 2 rings (SSSR count). The van der Waals surface area contributed by atoms with E-state index in [-0.39, 0.29) is 5.82 Å². The van der Waals surface area contributed by atoms with E-state index in [2.05, 4.69) is 16.8 Å². The van der Waals surface area contributed by atoms with Gasteiger partial charge in [0.25, 0.3) is 0 Å². The summed E-state index contributed by atoms with van der Waals surface area (Å²) >= 11 is 3.37. The van der Waals surface area contributed by atoms with Gasteiger partial charge in [-0.25, -0.2) is 4.39 Å². The first-order valence-corrected chi connectivity index (χ1v) is 6.87. The number of halogens is 1. The van der Waals surface area contributed by atoms with Crippen molar-refractivity contribution in [2.24, 2.45) is 0 Å². The average molecular weight is 253 g/mol. The van der Waals surface area contributed by atoms with E-state index in [0.717, 1.165) is 17.1 Å². The van der Waals surface area contributed by atoms with Gasteiger partial charge in [0.1, 0.15) is 5.82 Å². The quantitative estimate of drug-likeness (QED) is 0.662. The number of hydrogen-bond acceptors (Lipinski definition) is 3. The lowest BCUT2D eigenvalue weighted by Gasteiger charge is -2.04. The number of anilines is 1. The van der Waals surface area contributed by atoms with Crippen LogP contribution in [0.4, 0.5) is 10.1 Å². The summed E-state index contributed by atoms with van der Waals surface area (Å²) in [6, 6.07) is 6.68. The largest absolute Gasteiger partial charge is 0.398 e. The maximum absolute atomic E-state index is 12.8. The molecule has 1 aromatic heterocycles. The summed E-state index contributed by atoms with van der Waals surface area (Å²) in [5.74, 6) is 0.687. The molecule has 4 heteroatoms. The van der Waals surface area contributed by atoms with Gasteiger partial charge in [-0.3, -0.25) is 0 Å². The van der Waals surface area contributed by atoms with E-state index in [9.17, 15) is 4.39 Å². The van der Waals surface area contributed by atoms with Gasteiger partial charge in [0.15, 0.2) is 0 Å². The van der Waals surface area contributed by atoms with E-state index in [1.807, 2.05) is 0 Å². The van der Waals surface area contributed by atoms with Crippen LogP contribution in [0.1, 0.15) is 5.56 Å². The number of benzene rings is 1. The van der Waals surface area contributed by atoms with Gasteiger partial charge in [0.2, 0.25) is 0 Å². The van der Waals surface area contributed by atoms with Gasteiger partial charge in [-0.15, -0.1) is 11.8 Å². The van der Waals surface area contributed by atoms with Crippen LogP contribution in [0.2, 0.25) is 0 Å². The highest BCUT2D eigenvalue weighted by Crippen LogP contribution is 2.26. The molecule has 0 aliphatic carbocycles. The van der Waals surface area contributed by atoms with Crippen molar-refractivity contribution in [2.45, 2.75) is 11.3 Å². The van der Waals surface area contributed by atoms with E-state index in [4.69, 9.17) is 5.73 Å². The molecule has 0 atom stereocenters. The Bertz CT molecular complexity index is 454. The lowest BCUT2D eigenvalue weighted by Crippen LogP contribution is -1.92. The van der Waals surface area contributed by atoms with Crippen molar-refractivity contribution >= 4 is 28.8 Å². The summed E-state index contributed by atoms with van der Waals surface area (Å²) in [6.45, 7) is 0. The first-order chi connectivity index (χ1) is 7.75. The first kappa shape index (κ1) is 11.5. The zero-order chi connectivity index (χ0) is 11.4. The Hall–Kier alpha value is -1.00. The maximum Gasteiger partial charge on any atom is 0.125 e. The van der Waals surface area contributed by atoms with Gasteiger partial charge in [0, 0.05) is 16.3 Å². The van der Waals surface area contributed by atoms with E-state index in [1.165, 1.54) is 17.7 Å². The van der Waals surface area contributed by atoms with Crippen molar-refractivity contribution in [3.05, 3.63) is 46.4 Å². The molecule has 0 amide bonds. The van der Waals surface area contributed by atoms with Gasteiger partial charge >= 0.3 is 0 Å². The summed E-state index contributed by atoms with van der Waals surface area (Å²) in [5, 5.41) is 4.22. The number of thioether (sulfide) groups is 1. The first-order valence-electron chi connectivity index (χ1n) is 4.94. The SMILES string of the molecule is Nc1cc(F)ccc1SCCc1ccsc1. The molecule has 1 heterocycles. The third-order valence-corrected chi connectivity index (χ3v) is 4.02. The van der Waals surface area contributed by atoms with Crippen molar-refractivity contribution in [1.29, 1.82) is 0 Å². The van der Waals surface area contributed by atoms with Crippen LogP contribution in [0.25, 0.3) is 0 Å². The highest BCUT2D eigenvalue weighted by Gasteiger charge is 2.02. The van der Waals surface area contributed by atoms with Crippen molar-refractivity contribution < 1.29 is 4.39 Å². The third kappa shape index (κ3) is 3.00. The fraction of sp³-hybridized carbons (Fsp3) is 0.167. The molecule has 0 fully saturated rings. The molecule has 0 saturated carbocycles. The lowest BCUT2D eigenvalue weighted by molar-refractivity contribution is 0.627. The Labute approximate surface area is 102 Å². The summed E-state index contributed by atoms with van der Waals surface area (Å²) in [7, 11) is 0. The molecular formula is C12H12FNS2. The summed E-state index contributed by atoms with van der Waals surface area (Å²) in [5.41, 5.74) is 7.59. The van der Waals surface area contributed by atoms with Gasteiger partial charge in [-0.2, -0.15) is 11.3 Å². The molecule has 84 valence electrons. The molecule has 0 radical (unpaired) electrons. The Morgan fingerprint density at radius 1 is 1.31 bits per heavy atom. The van der Waals surface area contributed by atoms with Crippen LogP contribution in [0.5, 0.6) is 0 Å². The molecular weight excluding hydrogens is 241 g/mol. The molecule has 16 heavy (non-hydrogen) atoms. The highest BCUT2D eigenvalue weighted by molar-refractivity contribution is 7.99. The molecule has 0 unspecified atom stereocenters. The number of aryl methyl sites for hydroxylation is 1. The normalized spacial score (nSPS) is 10.6. The van der Waals surface area contributed by atoms with Crippen molar-refractivity contribution in [3.63, 3.8) is 0 Å². The Balaban J connectivity index is 1.90. The summed E-state index contributed by atoms with van der Waals surface area (Å²) < 4.78 is 12.8. The Kier molecular flexibility index (Phi) is 3.85. The minimum atomic E-state index is -0.278. The average Bonchev–Trinajstić information content (AvgIpc) is 2.74. The minimum absolute atomic E-state index is 0.278. The maximum atomic E-state index is 12.8. The van der Waals surface area contributed by atoms with Crippen LogP contribution in [-0.2, 0) is 6.42 Å². The van der Waals surface area contributed by atoms with Gasteiger partial charge in [0.05, 0.1) is 0 Å². The second-order valence-corrected chi connectivity index (χ2v) is 5.33. The molecule has 2 aromatic rings. The molecule has 1 nitrogen and oxygen atoms in total. The number of nitrogen functional groups attached to an aromatic ring is 1. The molecule has 0 bridgehead atoms. The molecule has 0 saturated heterocycles. The smallest absolute Gasteiger partial charge is 0.125 e. The summed E-state index contributed by atoms with van der Waals surface area (Å²) in [6.07, 6.45) is 1.02. The van der Waals surface area contributed by atoms with E-state index < -0.39 is 0 Å². The van der Waals surface area contributed by atoms with Crippen LogP contribution < -0.4 is 5.73 Å². The van der Waals surface area contributed by atoms with Crippen molar-refractivity contribution in [2.75, 3.05) is 11.5 Å². The zero-order valence-corrected chi connectivity index (χ0v) is 10.3. The standard InChI is InChI=1S/C12H12FNS2/c13-10-1-2-12(11(14)7-10)16-6-4-9-3-5-15-8-9/h1-3,5,7-8H,4,6,14H2. The molecule has 0 aliphatic rings. The number of thiophene rings is 1. The number of rotatable bonds is 4. The van der Waals surface area contributed by atoms with Crippen molar-refractivity contribution in [1.82, 2.24) is 0 Å². The van der Waals surface area contributed by atoms with Gasteiger partial charge in [-0.1, -0.05) is 0 Å². The van der Waals surface area contributed by atoms with Crippen LogP contribution >= 0.6 is 23.1 Å². The van der Waals surface area contributed by atoms with Crippen LogP contribution in [0, 0.1) is 5.82 Å². The topological polar surface area (TPSA) is 26.0 Å². The van der Waals surface area contributed by atoms with E-state index in [0.29, 0.717) is 5.69 Å². The molecule has 0 spiro atoms. The second-order valence-electron chi connectivity index (χ2n) is 3.41. The highest BCUT2D eigenvalue weighted by atomic mass is 32.2. The predicted molar refractivity (Wildman–Crippen MR) is 69.6 cm³/mol. The monoisotopic (exact) mass is 253 g/mol. The second kappa shape index (κ2) is 5.37. The van der Waals surface area contributed by atoms with Crippen molar-refractivity contribution in [3.8, 4) is 0 Å². The summed E-state index contributed by atoms with van der Waals surface area (Å²) in [4.78, 5) is 0.955. The van der Waals surface area contributed by atoms with E-state index in [1.54, 1.807) is 29.2 Å². The predicted octanol–water partition coefficient (Wildman–Crippen LogP) is 3.80. The Morgan fingerprint density at radius 3 is 2.88 bits per heavy atom. The van der Waals surface area contributed by atoms with Gasteiger partial charge in [-0.05, 0) is 47.0 Å². The molecule has 1 aromatic carbocycles. The van der Waals surface area contributed by atoms with Crippen LogP contribution in [0.3, 0.4) is 0 Å². The van der Waals surface area contributed by atoms with E-state index >= 15 is 0 Å². The number of nitrogens with two attached hydrogens (primary N) is 1. The Morgan fingerprint density at radius 2 is 2.19 bits per heavy atom. The fourth-order valence-electron chi connectivity index (χ4n) is 1.36. The van der Waals surface area contributed by atoms with Crippen LogP contribution in [-0.4, -0.2) is 5.75 Å².